The Kier molecular flexibility index (Phi) is 1.53. The number of nitrogens with zero attached hydrogens (tertiary/aromatic N) is 1. The molecule has 0 aliphatic rings. The van der Waals surface area contributed by atoms with Gasteiger partial charge in [-0.15, -0.1) is 0 Å². The molecule has 0 fully saturated rings. The van der Waals surface area contributed by atoms with Gasteiger partial charge in [-0.05, 0) is 12.1 Å². The SMILES string of the molecule is CN=C(N)c1ccco1. The first-order valence-corrected chi connectivity index (χ1v) is 2.60. The number of nitrogens with two attached hydrogens (primary N) is 1. The topological polar surface area (TPSA) is 51.5 Å². The van der Waals surface area contributed by atoms with Gasteiger partial charge in [-0.3, -0.25) is 4.99 Å². The van der Waals surface area contributed by atoms with E-state index in [1.807, 2.05) is 0 Å². The van der Waals surface area contributed by atoms with Crippen molar-refractivity contribution in [2.75, 3.05) is 7.05 Å². The maximum atomic E-state index is 5.39. The Morgan fingerprint density at radius 2 is 2.56 bits per heavy atom. The van der Waals surface area contributed by atoms with Crippen LogP contribution >= 0.6 is 0 Å². The predicted octanol–water partition coefficient (Wildman–Crippen LogP) is 0.615. The lowest BCUT2D eigenvalue weighted by Gasteiger charge is -1.89. The van der Waals surface area contributed by atoms with Crippen molar-refractivity contribution < 1.29 is 4.42 Å². The Morgan fingerprint density at radius 3 is 3.00 bits per heavy atom. The third kappa shape index (κ3) is 1.10. The molecular formula is C6H8N2O. The summed E-state index contributed by atoms with van der Waals surface area (Å²) in [4.78, 5) is 3.73. The molecule has 1 heterocycles. The summed E-state index contributed by atoms with van der Waals surface area (Å²) in [6.45, 7) is 0. The maximum absolute atomic E-state index is 5.39. The number of hydrogen-bond donors (Lipinski definition) is 1. The predicted molar refractivity (Wildman–Crippen MR) is 35.4 cm³/mol. The van der Waals surface area contributed by atoms with E-state index in [-0.39, 0.29) is 0 Å². The van der Waals surface area contributed by atoms with Crippen molar-refractivity contribution in [3.05, 3.63) is 24.2 Å². The smallest absolute Gasteiger partial charge is 0.168 e. The zero-order valence-electron chi connectivity index (χ0n) is 5.16. The van der Waals surface area contributed by atoms with Gasteiger partial charge < -0.3 is 10.2 Å². The van der Waals surface area contributed by atoms with Crippen LogP contribution in [0.15, 0.2) is 27.8 Å². The van der Waals surface area contributed by atoms with E-state index in [1.54, 1.807) is 25.4 Å². The standard InChI is InChI=1S/C6H8N2O/c1-8-6(7)5-3-2-4-9-5/h2-4H,1H3,(H2,7,8). The zero-order chi connectivity index (χ0) is 6.69. The van der Waals surface area contributed by atoms with Crippen LogP contribution in [-0.4, -0.2) is 12.9 Å². The summed E-state index contributed by atoms with van der Waals surface area (Å²) in [6.07, 6.45) is 1.56. The van der Waals surface area contributed by atoms with E-state index in [4.69, 9.17) is 10.2 Å². The lowest BCUT2D eigenvalue weighted by Crippen LogP contribution is -2.11. The van der Waals surface area contributed by atoms with Crippen LogP contribution in [0.2, 0.25) is 0 Å². The lowest BCUT2D eigenvalue weighted by atomic mass is 10.4. The minimum absolute atomic E-state index is 0.431. The van der Waals surface area contributed by atoms with Crippen molar-refractivity contribution in [1.29, 1.82) is 0 Å². The Morgan fingerprint density at radius 1 is 1.78 bits per heavy atom. The fourth-order valence-corrected chi connectivity index (χ4v) is 0.534. The minimum atomic E-state index is 0.431. The highest BCUT2D eigenvalue weighted by Gasteiger charge is 1.96. The summed E-state index contributed by atoms with van der Waals surface area (Å²) in [5.74, 6) is 1.05. The minimum Gasteiger partial charge on any atom is -0.461 e. The molecule has 0 aromatic carbocycles. The largest absolute Gasteiger partial charge is 0.461 e. The van der Waals surface area contributed by atoms with Crippen LogP contribution in [0.1, 0.15) is 5.76 Å². The van der Waals surface area contributed by atoms with Crippen molar-refractivity contribution >= 4 is 5.84 Å². The van der Waals surface area contributed by atoms with Gasteiger partial charge in [-0.1, -0.05) is 0 Å². The molecule has 1 aromatic rings. The number of hydrogen-bond acceptors (Lipinski definition) is 2. The van der Waals surface area contributed by atoms with Crippen LogP contribution in [0.25, 0.3) is 0 Å². The first-order chi connectivity index (χ1) is 4.34. The second-order valence-corrected chi connectivity index (χ2v) is 1.59. The first kappa shape index (κ1) is 5.88. The van der Waals surface area contributed by atoms with Crippen molar-refractivity contribution in [3.63, 3.8) is 0 Å². The van der Waals surface area contributed by atoms with Crippen LogP contribution in [0.3, 0.4) is 0 Å². The maximum Gasteiger partial charge on any atom is 0.168 e. The van der Waals surface area contributed by atoms with E-state index in [2.05, 4.69) is 4.99 Å². The zero-order valence-corrected chi connectivity index (χ0v) is 5.16. The van der Waals surface area contributed by atoms with E-state index in [0.29, 0.717) is 11.6 Å². The fourth-order valence-electron chi connectivity index (χ4n) is 0.534. The first-order valence-electron chi connectivity index (χ1n) is 2.60. The highest BCUT2D eigenvalue weighted by atomic mass is 16.3. The number of amidine groups is 1. The van der Waals surface area contributed by atoms with Crippen LogP contribution in [0.4, 0.5) is 0 Å². The van der Waals surface area contributed by atoms with E-state index in [0.717, 1.165) is 0 Å². The highest BCUT2D eigenvalue weighted by molar-refractivity contribution is 5.94. The van der Waals surface area contributed by atoms with Crippen LogP contribution in [0, 0.1) is 0 Å². The number of rotatable bonds is 1. The second kappa shape index (κ2) is 2.35. The lowest BCUT2D eigenvalue weighted by molar-refractivity contribution is 0.556. The molecule has 1 rings (SSSR count). The van der Waals surface area contributed by atoms with Crippen LogP contribution < -0.4 is 5.73 Å². The average molecular weight is 124 g/mol. The Bertz CT molecular complexity index is 201. The quantitative estimate of drug-likeness (QED) is 0.440. The molecule has 3 nitrogen and oxygen atoms in total. The molecule has 0 saturated heterocycles. The molecule has 0 saturated carbocycles. The van der Waals surface area contributed by atoms with Gasteiger partial charge >= 0.3 is 0 Å². The van der Waals surface area contributed by atoms with E-state index in [9.17, 15) is 0 Å². The normalized spacial score (nSPS) is 11.9. The van der Waals surface area contributed by atoms with Gasteiger partial charge in [0.25, 0.3) is 0 Å². The molecule has 9 heavy (non-hydrogen) atoms. The highest BCUT2D eigenvalue weighted by Crippen LogP contribution is 1.97. The average Bonchev–Trinajstić information content (AvgIpc) is 2.37. The summed E-state index contributed by atoms with van der Waals surface area (Å²) in [5, 5.41) is 0. The molecule has 0 aliphatic carbocycles. The van der Waals surface area contributed by atoms with Crippen LogP contribution in [0.5, 0.6) is 0 Å². The number of furan rings is 1. The summed E-state index contributed by atoms with van der Waals surface area (Å²) in [7, 11) is 1.62. The van der Waals surface area contributed by atoms with Crippen molar-refractivity contribution in [1.82, 2.24) is 0 Å². The molecule has 0 radical (unpaired) electrons. The van der Waals surface area contributed by atoms with E-state index < -0.39 is 0 Å². The van der Waals surface area contributed by atoms with Gasteiger partial charge in [-0.2, -0.15) is 0 Å². The van der Waals surface area contributed by atoms with Crippen LogP contribution in [-0.2, 0) is 0 Å². The second-order valence-electron chi connectivity index (χ2n) is 1.59. The molecule has 0 aliphatic heterocycles. The molecular weight excluding hydrogens is 116 g/mol. The molecule has 0 spiro atoms. The van der Waals surface area contributed by atoms with E-state index in [1.165, 1.54) is 0 Å². The molecule has 1 aromatic heterocycles. The molecule has 48 valence electrons. The van der Waals surface area contributed by atoms with E-state index >= 15 is 0 Å². The molecule has 0 unspecified atom stereocenters. The van der Waals surface area contributed by atoms with Crippen molar-refractivity contribution in [2.45, 2.75) is 0 Å². The molecule has 0 atom stereocenters. The monoisotopic (exact) mass is 124 g/mol. The van der Waals surface area contributed by atoms with Gasteiger partial charge in [0.1, 0.15) is 0 Å². The summed E-state index contributed by atoms with van der Waals surface area (Å²) >= 11 is 0. The van der Waals surface area contributed by atoms with Crippen molar-refractivity contribution in [3.8, 4) is 0 Å². The summed E-state index contributed by atoms with van der Waals surface area (Å²) in [6, 6.07) is 3.54. The van der Waals surface area contributed by atoms with Gasteiger partial charge in [0.05, 0.1) is 6.26 Å². The summed E-state index contributed by atoms with van der Waals surface area (Å²) in [5.41, 5.74) is 5.39. The van der Waals surface area contributed by atoms with Crippen molar-refractivity contribution in [2.24, 2.45) is 10.7 Å². The molecule has 3 heteroatoms. The Hall–Kier alpha value is -1.25. The van der Waals surface area contributed by atoms with Gasteiger partial charge in [0.15, 0.2) is 11.6 Å². The van der Waals surface area contributed by atoms with Gasteiger partial charge in [0, 0.05) is 7.05 Å². The van der Waals surface area contributed by atoms with Gasteiger partial charge in [0.2, 0.25) is 0 Å². The number of aliphatic imine (C=N–C) groups is 1. The Labute approximate surface area is 53.2 Å². The van der Waals surface area contributed by atoms with Gasteiger partial charge in [-0.25, -0.2) is 0 Å². The molecule has 2 N–H and O–H groups in total. The Balaban J connectivity index is 2.90. The molecule has 0 bridgehead atoms. The third-order valence-electron chi connectivity index (χ3n) is 1.01. The third-order valence-corrected chi connectivity index (χ3v) is 1.01. The summed E-state index contributed by atoms with van der Waals surface area (Å²) < 4.78 is 4.93. The fraction of sp³-hybridized carbons (Fsp3) is 0.167. The molecule has 0 amide bonds.